The molecule has 0 radical (unpaired) electrons. The predicted octanol–water partition coefficient (Wildman–Crippen LogP) is 2.82. The van der Waals surface area contributed by atoms with Crippen LogP contribution in [0.1, 0.15) is 41.6 Å². The maximum Gasteiger partial charge on any atom is 0.133 e. The highest BCUT2D eigenvalue weighted by atomic mass is 15.0. The second kappa shape index (κ2) is 6.68. The van der Waals surface area contributed by atoms with Crippen LogP contribution in [0.25, 0.3) is 0 Å². The van der Waals surface area contributed by atoms with Crippen molar-refractivity contribution in [2.75, 3.05) is 5.32 Å². The smallest absolute Gasteiger partial charge is 0.133 e. The molecule has 3 N–H and O–H groups in total. The largest absolute Gasteiger partial charge is 0.366 e. The molecule has 0 spiro atoms. The Morgan fingerprint density at radius 2 is 1.81 bits per heavy atom. The summed E-state index contributed by atoms with van der Waals surface area (Å²) in [6, 6.07) is 8.28. The quantitative estimate of drug-likeness (QED) is 0.846. The molecule has 1 aliphatic rings. The molecule has 0 saturated carbocycles. The molecule has 1 aliphatic carbocycles. The topological polar surface area (TPSA) is 63.8 Å². The summed E-state index contributed by atoms with van der Waals surface area (Å²) in [5.41, 5.74) is 10.7. The van der Waals surface area contributed by atoms with Gasteiger partial charge in [-0.1, -0.05) is 30.7 Å². The fourth-order valence-corrected chi connectivity index (χ4v) is 2.96. The minimum Gasteiger partial charge on any atom is -0.366 e. The molecular weight excluding hydrogens is 260 g/mol. The fraction of sp³-hybridized carbons (Fsp3) is 0.412. The van der Waals surface area contributed by atoms with E-state index in [1.807, 2.05) is 6.07 Å². The first kappa shape index (κ1) is 14.0. The molecule has 0 amide bonds. The van der Waals surface area contributed by atoms with E-state index in [1.165, 1.54) is 41.6 Å². The van der Waals surface area contributed by atoms with Crippen LogP contribution < -0.4 is 11.1 Å². The van der Waals surface area contributed by atoms with Crippen molar-refractivity contribution in [3.05, 3.63) is 53.0 Å². The molecule has 110 valence electrons. The van der Waals surface area contributed by atoms with E-state index in [0.717, 1.165) is 25.2 Å². The van der Waals surface area contributed by atoms with Crippen molar-refractivity contribution in [3.8, 4) is 0 Å². The van der Waals surface area contributed by atoms with Gasteiger partial charge < -0.3 is 11.1 Å². The van der Waals surface area contributed by atoms with Crippen LogP contribution in [0, 0.1) is 0 Å². The number of hydrogen-bond donors (Lipinski definition) is 2. The Bertz CT molecular complexity index is 609. The summed E-state index contributed by atoms with van der Waals surface area (Å²) in [6.07, 6.45) is 7.59. The van der Waals surface area contributed by atoms with Gasteiger partial charge in [0.15, 0.2) is 0 Å². The molecule has 1 heterocycles. The lowest BCUT2D eigenvalue weighted by molar-refractivity contribution is 0.708. The first-order valence-electron chi connectivity index (χ1n) is 7.72. The Kier molecular flexibility index (Phi) is 4.46. The van der Waals surface area contributed by atoms with Gasteiger partial charge in [-0.2, -0.15) is 0 Å². The van der Waals surface area contributed by atoms with Crippen molar-refractivity contribution in [1.29, 1.82) is 0 Å². The molecule has 0 bridgehead atoms. The molecule has 2 aromatic rings. The third kappa shape index (κ3) is 3.22. The van der Waals surface area contributed by atoms with Gasteiger partial charge >= 0.3 is 0 Å². The van der Waals surface area contributed by atoms with Crippen LogP contribution in [-0.2, 0) is 25.9 Å². The van der Waals surface area contributed by atoms with Gasteiger partial charge in [-0.3, -0.25) is 0 Å². The Balaban J connectivity index is 1.79. The van der Waals surface area contributed by atoms with Crippen molar-refractivity contribution >= 4 is 5.82 Å². The number of fused-ring (bicyclic) bond motifs is 1. The molecule has 21 heavy (non-hydrogen) atoms. The normalized spacial score (nSPS) is 14.3. The van der Waals surface area contributed by atoms with Crippen molar-refractivity contribution in [3.63, 3.8) is 0 Å². The molecule has 0 saturated heterocycles. The lowest BCUT2D eigenvalue weighted by Crippen LogP contribution is -2.10. The zero-order valence-corrected chi connectivity index (χ0v) is 12.3. The molecule has 0 fully saturated rings. The molecule has 4 heteroatoms. The summed E-state index contributed by atoms with van der Waals surface area (Å²) >= 11 is 0. The van der Waals surface area contributed by atoms with Crippen LogP contribution >= 0.6 is 0 Å². The number of nitrogens with one attached hydrogen (secondary N) is 1. The van der Waals surface area contributed by atoms with E-state index in [-0.39, 0.29) is 0 Å². The van der Waals surface area contributed by atoms with E-state index >= 15 is 0 Å². The molecule has 0 unspecified atom stereocenters. The SMILES string of the molecule is NCc1ccccc1CNc1ncnc2c1CCCCC2. The van der Waals surface area contributed by atoms with E-state index in [1.54, 1.807) is 6.33 Å². The molecule has 3 rings (SSSR count). The summed E-state index contributed by atoms with van der Waals surface area (Å²) in [5, 5.41) is 3.48. The number of nitrogens with two attached hydrogens (primary N) is 1. The zero-order valence-electron chi connectivity index (χ0n) is 12.3. The number of aromatic nitrogens is 2. The molecule has 1 aromatic carbocycles. The van der Waals surface area contributed by atoms with Crippen molar-refractivity contribution in [1.82, 2.24) is 9.97 Å². The standard InChI is InChI=1S/C17H22N4/c18-10-13-6-4-5-7-14(13)11-19-17-15-8-2-1-3-9-16(15)20-12-21-17/h4-7,12H,1-3,8-11,18H2,(H,19,20,21). The first-order chi connectivity index (χ1) is 10.4. The average Bonchev–Trinajstić information content (AvgIpc) is 2.79. The van der Waals surface area contributed by atoms with Crippen LogP contribution in [0.3, 0.4) is 0 Å². The van der Waals surface area contributed by atoms with E-state index in [0.29, 0.717) is 6.54 Å². The van der Waals surface area contributed by atoms with Crippen LogP contribution in [-0.4, -0.2) is 9.97 Å². The number of aryl methyl sites for hydroxylation is 1. The number of nitrogens with zero attached hydrogens (tertiary/aromatic N) is 2. The number of anilines is 1. The molecule has 1 aromatic heterocycles. The number of rotatable bonds is 4. The Morgan fingerprint density at radius 3 is 2.67 bits per heavy atom. The third-order valence-electron chi connectivity index (χ3n) is 4.16. The van der Waals surface area contributed by atoms with E-state index in [2.05, 4.69) is 33.5 Å². The van der Waals surface area contributed by atoms with Crippen LogP contribution in [0.4, 0.5) is 5.82 Å². The summed E-state index contributed by atoms with van der Waals surface area (Å²) < 4.78 is 0. The van der Waals surface area contributed by atoms with E-state index < -0.39 is 0 Å². The van der Waals surface area contributed by atoms with Gasteiger partial charge in [-0.15, -0.1) is 0 Å². The summed E-state index contributed by atoms with van der Waals surface area (Å²) in [5.74, 6) is 0.994. The Hall–Kier alpha value is -1.94. The monoisotopic (exact) mass is 282 g/mol. The molecule has 0 atom stereocenters. The van der Waals surface area contributed by atoms with Gasteiger partial charge in [0.2, 0.25) is 0 Å². The fourth-order valence-electron chi connectivity index (χ4n) is 2.96. The lowest BCUT2D eigenvalue weighted by atomic mass is 10.1. The zero-order chi connectivity index (χ0) is 14.5. The van der Waals surface area contributed by atoms with Gasteiger partial charge in [0, 0.05) is 24.3 Å². The van der Waals surface area contributed by atoms with Crippen molar-refractivity contribution in [2.45, 2.75) is 45.2 Å². The van der Waals surface area contributed by atoms with Crippen molar-refractivity contribution in [2.24, 2.45) is 5.73 Å². The van der Waals surface area contributed by atoms with Crippen LogP contribution in [0.15, 0.2) is 30.6 Å². The minimum atomic E-state index is 0.569. The molecule has 0 aliphatic heterocycles. The third-order valence-corrected chi connectivity index (χ3v) is 4.16. The minimum absolute atomic E-state index is 0.569. The molecule has 4 nitrogen and oxygen atoms in total. The average molecular weight is 282 g/mol. The van der Waals surface area contributed by atoms with Gasteiger partial charge in [0.05, 0.1) is 0 Å². The second-order valence-electron chi connectivity index (χ2n) is 5.53. The first-order valence-corrected chi connectivity index (χ1v) is 7.72. The summed E-state index contributed by atoms with van der Waals surface area (Å²) in [7, 11) is 0. The second-order valence-corrected chi connectivity index (χ2v) is 5.53. The number of benzene rings is 1. The van der Waals surface area contributed by atoms with Gasteiger partial charge in [0.25, 0.3) is 0 Å². The maximum absolute atomic E-state index is 5.80. The summed E-state index contributed by atoms with van der Waals surface area (Å²) in [4.78, 5) is 8.91. The van der Waals surface area contributed by atoms with Gasteiger partial charge in [-0.25, -0.2) is 9.97 Å². The van der Waals surface area contributed by atoms with E-state index in [4.69, 9.17) is 5.73 Å². The summed E-state index contributed by atoms with van der Waals surface area (Å²) in [6.45, 7) is 1.33. The van der Waals surface area contributed by atoms with Crippen LogP contribution in [0.5, 0.6) is 0 Å². The predicted molar refractivity (Wildman–Crippen MR) is 85.0 cm³/mol. The Morgan fingerprint density at radius 1 is 1.00 bits per heavy atom. The molecular formula is C17H22N4. The van der Waals surface area contributed by atoms with E-state index in [9.17, 15) is 0 Å². The van der Waals surface area contributed by atoms with Gasteiger partial charge in [-0.05, 0) is 36.8 Å². The highest BCUT2D eigenvalue weighted by Gasteiger charge is 2.14. The highest BCUT2D eigenvalue weighted by Crippen LogP contribution is 2.24. The lowest BCUT2D eigenvalue weighted by Gasteiger charge is -2.14. The number of hydrogen-bond acceptors (Lipinski definition) is 4. The van der Waals surface area contributed by atoms with Crippen LogP contribution in [0.2, 0.25) is 0 Å². The Labute approximate surface area is 125 Å². The van der Waals surface area contributed by atoms with Gasteiger partial charge in [0.1, 0.15) is 12.1 Å². The van der Waals surface area contributed by atoms with Crippen molar-refractivity contribution < 1.29 is 0 Å². The highest BCUT2D eigenvalue weighted by molar-refractivity contribution is 5.47. The maximum atomic E-state index is 5.80.